The molecule has 1 N–H and O–H groups in total. The summed E-state index contributed by atoms with van der Waals surface area (Å²) in [6.07, 6.45) is 1.17. The van der Waals surface area contributed by atoms with Gasteiger partial charge in [-0.1, -0.05) is 25.9 Å². The van der Waals surface area contributed by atoms with Gasteiger partial charge in [-0.2, -0.15) is 16.7 Å². The van der Waals surface area contributed by atoms with Crippen LogP contribution in [0.25, 0.3) is 0 Å². The van der Waals surface area contributed by atoms with E-state index in [-0.39, 0.29) is 5.92 Å². The number of rotatable bonds is 6. The number of nitrogens with one attached hydrogen (secondary N) is 1. The average molecular weight is 301 g/mol. The zero-order chi connectivity index (χ0) is 13.7. The molecular weight excluding hydrogens is 278 g/mol. The van der Waals surface area contributed by atoms with Gasteiger partial charge in [0.05, 0.1) is 5.25 Å². The Morgan fingerprint density at radius 3 is 2.89 bits per heavy atom. The first-order valence-corrected chi connectivity index (χ1v) is 9.13. The fourth-order valence-electron chi connectivity index (χ4n) is 2.15. The van der Waals surface area contributed by atoms with Gasteiger partial charge in [0.15, 0.2) is 5.82 Å². The van der Waals surface area contributed by atoms with Gasteiger partial charge in [0, 0.05) is 29.2 Å². The predicted molar refractivity (Wildman–Crippen MR) is 83.0 cm³/mol. The summed E-state index contributed by atoms with van der Waals surface area (Å²) in [5.74, 6) is 4.36. The van der Waals surface area contributed by atoms with Crippen molar-refractivity contribution in [2.24, 2.45) is 0 Å². The van der Waals surface area contributed by atoms with Gasteiger partial charge in [-0.3, -0.25) is 0 Å². The molecule has 4 nitrogen and oxygen atoms in total. The van der Waals surface area contributed by atoms with Gasteiger partial charge in [-0.15, -0.1) is 11.8 Å². The Bertz CT molecular complexity index is 386. The molecule has 0 bridgehead atoms. The summed E-state index contributed by atoms with van der Waals surface area (Å²) in [7, 11) is 0. The molecule has 1 aromatic heterocycles. The van der Waals surface area contributed by atoms with E-state index in [1.807, 2.05) is 23.5 Å². The fourth-order valence-corrected chi connectivity index (χ4v) is 5.14. The largest absolute Gasteiger partial charge is 0.339 e. The Balaban J connectivity index is 2.02. The van der Waals surface area contributed by atoms with Gasteiger partial charge in [0.25, 0.3) is 0 Å². The first kappa shape index (κ1) is 15.2. The molecule has 2 heterocycles. The van der Waals surface area contributed by atoms with E-state index in [2.05, 4.69) is 36.2 Å². The third-order valence-corrected chi connectivity index (χ3v) is 6.53. The second kappa shape index (κ2) is 7.55. The van der Waals surface area contributed by atoms with Gasteiger partial charge in [0.2, 0.25) is 5.89 Å². The quantitative estimate of drug-likeness (QED) is 0.871. The molecule has 6 heteroatoms. The van der Waals surface area contributed by atoms with Crippen LogP contribution in [-0.4, -0.2) is 40.0 Å². The van der Waals surface area contributed by atoms with Gasteiger partial charge in [0.1, 0.15) is 0 Å². The molecular formula is C13H23N3OS2. The van der Waals surface area contributed by atoms with Crippen LogP contribution in [0.1, 0.15) is 50.1 Å². The number of hydrogen-bond acceptors (Lipinski definition) is 6. The molecule has 0 amide bonds. The number of hydrogen-bond donors (Lipinski definition) is 1. The second-order valence-electron chi connectivity index (χ2n) is 4.81. The van der Waals surface area contributed by atoms with Crippen LogP contribution in [-0.2, 0) is 0 Å². The van der Waals surface area contributed by atoms with Crippen molar-refractivity contribution < 1.29 is 4.52 Å². The van der Waals surface area contributed by atoms with Crippen molar-refractivity contribution in [1.82, 2.24) is 15.5 Å². The van der Waals surface area contributed by atoms with Gasteiger partial charge in [-0.05, 0) is 13.0 Å². The molecule has 0 aliphatic carbocycles. The molecule has 0 radical (unpaired) electrons. The van der Waals surface area contributed by atoms with Crippen molar-refractivity contribution in [2.45, 2.75) is 43.6 Å². The highest BCUT2D eigenvalue weighted by Gasteiger charge is 2.30. The minimum absolute atomic E-state index is 0.280. The third-order valence-electron chi connectivity index (χ3n) is 3.29. The molecule has 0 spiro atoms. The lowest BCUT2D eigenvalue weighted by Gasteiger charge is -2.27. The lowest BCUT2D eigenvalue weighted by atomic mass is 10.2. The van der Waals surface area contributed by atoms with Gasteiger partial charge >= 0.3 is 0 Å². The summed E-state index contributed by atoms with van der Waals surface area (Å²) in [4.78, 5) is 4.63. The average Bonchev–Trinajstić information content (AvgIpc) is 2.94. The van der Waals surface area contributed by atoms with Crippen LogP contribution in [0.15, 0.2) is 4.52 Å². The summed E-state index contributed by atoms with van der Waals surface area (Å²) in [6.45, 7) is 8.33. The maximum atomic E-state index is 5.45. The number of thioether (sulfide) groups is 2. The van der Waals surface area contributed by atoms with Crippen molar-refractivity contribution in [1.29, 1.82) is 0 Å². The molecule has 1 saturated heterocycles. The van der Waals surface area contributed by atoms with E-state index in [0.29, 0.717) is 10.5 Å². The van der Waals surface area contributed by atoms with Gasteiger partial charge < -0.3 is 9.84 Å². The molecule has 1 aliphatic heterocycles. The first-order valence-electron chi connectivity index (χ1n) is 7.03. The van der Waals surface area contributed by atoms with E-state index in [1.54, 1.807) is 0 Å². The molecule has 2 rings (SSSR count). The van der Waals surface area contributed by atoms with Crippen molar-refractivity contribution in [2.75, 3.05) is 24.6 Å². The smallest absolute Gasteiger partial charge is 0.230 e. The Morgan fingerprint density at radius 2 is 2.16 bits per heavy atom. The lowest BCUT2D eigenvalue weighted by molar-refractivity contribution is 0.351. The van der Waals surface area contributed by atoms with Crippen molar-refractivity contribution in [3.8, 4) is 0 Å². The van der Waals surface area contributed by atoms with Crippen molar-refractivity contribution in [3.63, 3.8) is 0 Å². The first-order chi connectivity index (χ1) is 9.26. The fraction of sp³-hybridized carbons (Fsp3) is 0.846. The topological polar surface area (TPSA) is 51.0 Å². The van der Waals surface area contributed by atoms with Crippen LogP contribution in [0.5, 0.6) is 0 Å². The van der Waals surface area contributed by atoms with E-state index in [4.69, 9.17) is 4.52 Å². The van der Waals surface area contributed by atoms with E-state index >= 15 is 0 Å². The molecule has 1 aromatic rings. The van der Waals surface area contributed by atoms with Crippen LogP contribution in [0.3, 0.4) is 0 Å². The number of aromatic nitrogens is 2. The van der Waals surface area contributed by atoms with Crippen molar-refractivity contribution >= 4 is 23.5 Å². The second-order valence-corrected chi connectivity index (χ2v) is 7.40. The highest BCUT2D eigenvalue weighted by Crippen LogP contribution is 2.43. The standard InChI is InChI=1S/C13H23N3OS2/c1-4-10-11(19-7-6-18-10)12-15-13(17-16-12)9(3)8-14-5-2/h9-11,14H,4-8H2,1-3H3. The molecule has 0 saturated carbocycles. The molecule has 19 heavy (non-hydrogen) atoms. The minimum atomic E-state index is 0.280. The van der Waals surface area contributed by atoms with E-state index in [9.17, 15) is 0 Å². The molecule has 108 valence electrons. The third kappa shape index (κ3) is 3.89. The van der Waals surface area contributed by atoms with E-state index in [0.717, 1.165) is 24.8 Å². The summed E-state index contributed by atoms with van der Waals surface area (Å²) in [6, 6.07) is 0. The predicted octanol–water partition coefficient (Wildman–Crippen LogP) is 3.08. The SMILES string of the molecule is CCNCC(C)c1nc(C2SCCSC2CC)no1. The van der Waals surface area contributed by atoms with Crippen LogP contribution in [0.2, 0.25) is 0 Å². The summed E-state index contributed by atoms with van der Waals surface area (Å²) in [5, 5.41) is 8.55. The van der Waals surface area contributed by atoms with Crippen LogP contribution in [0.4, 0.5) is 0 Å². The number of nitrogens with zero attached hydrogens (tertiary/aromatic N) is 2. The summed E-state index contributed by atoms with van der Waals surface area (Å²) < 4.78 is 5.45. The maximum absolute atomic E-state index is 5.45. The maximum Gasteiger partial charge on any atom is 0.230 e. The zero-order valence-corrected chi connectivity index (χ0v) is 13.5. The molecule has 3 atom stereocenters. The Kier molecular flexibility index (Phi) is 6.04. The Hall–Kier alpha value is -0.200. The Morgan fingerprint density at radius 1 is 1.37 bits per heavy atom. The zero-order valence-electron chi connectivity index (χ0n) is 11.9. The summed E-state index contributed by atoms with van der Waals surface area (Å²) >= 11 is 4.01. The van der Waals surface area contributed by atoms with E-state index in [1.165, 1.54) is 17.9 Å². The highest BCUT2D eigenvalue weighted by atomic mass is 32.2. The normalized spacial score (nSPS) is 25.4. The lowest BCUT2D eigenvalue weighted by Crippen LogP contribution is -2.20. The highest BCUT2D eigenvalue weighted by molar-refractivity contribution is 8.06. The molecule has 1 fully saturated rings. The molecule has 0 aromatic carbocycles. The molecule has 1 aliphatic rings. The summed E-state index contributed by atoms with van der Waals surface area (Å²) in [5.41, 5.74) is 0. The monoisotopic (exact) mass is 301 g/mol. The Labute approximate surface area is 123 Å². The molecule has 3 unspecified atom stereocenters. The van der Waals surface area contributed by atoms with Crippen LogP contribution < -0.4 is 5.32 Å². The van der Waals surface area contributed by atoms with E-state index < -0.39 is 0 Å². The minimum Gasteiger partial charge on any atom is -0.339 e. The van der Waals surface area contributed by atoms with Crippen molar-refractivity contribution in [3.05, 3.63) is 11.7 Å². The van der Waals surface area contributed by atoms with Crippen LogP contribution in [0, 0.1) is 0 Å². The van der Waals surface area contributed by atoms with Gasteiger partial charge in [-0.25, -0.2) is 0 Å². The van der Waals surface area contributed by atoms with Crippen LogP contribution >= 0.6 is 23.5 Å². The number of likely N-dealkylation sites (N-methyl/N-ethyl adjacent to an activating group) is 1.